The van der Waals surface area contributed by atoms with Gasteiger partial charge in [-0.25, -0.2) is 9.67 Å². The van der Waals surface area contributed by atoms with Crippen molar-refractivity contribution in [3.8, 4) is 5.69 Å². The average molecular weight is 369 g/mol. The predicted octanol–water partition coefficient (Wildman–Crippen LogP) is 3.18. The van der Waals surface area contributed by atoms with Crippen LogP contribution >= 0.6 is 11.6 Å². The van der Waals surface area contributed by atoms with Crippen LogP contribution in [0.4, 0.5) is 0 Å². The summed E-state index contributed by atoms with van der Waals surface area (Å²) < 4.78 is 1.81. The molecule has 0 spiro atoms. The lowest BCUT2D eigenvalue weighted by atomic mass is 10.3. The lowest BCUT2D eigenvalue weighted by Gasteiger charge is -2.10. The maximum absolute atomic E-state index is 5.93. The van der Waals surface area contributed by atoms with Gasteiger partial charge in [-0.3, -0.25) is 4.98 Å². The lowest BCUT2D eigenvalue weighted by Crippen LogP contribution is -2.36. The van der Waals surface area contributed by atoms with Crippen LogP contribution in [0.3, 0.4) is 0 Å². The largest absolute Gasteiger partial charge is 0.357 e. The van der Waals surface area contributed by atoms with Gasteiger partial charge in [0.1, 0.15) is 0 Å². The molecule has 2 heterocycles. The maximum Gasteiger partial charge on any atom is 0.191 e. The number of pyridine rings is 1. The van der Waals surface area contributed by atoms with Crippen LogP contribution in [0, 0.1) is 0 Å². The lowest BCUT2D eigenvalue weighted by molar-refractivity contribution is 0.799. The Morgan fingerprint density at radius 1 is 1.15 bits per heavy atom. The monoisotopic (exact) mass is 368 g/mol. The number of nitrogens with one attached hydrogen (secondary N) is 2. The number of hydrogen-bond acceptors (Lipinski definition) is 3. The van der Waals surface area contributed by atoms with Gasteiger partial charge in [0.15, 0.2) is 5.96 Å². The number of rotatable bonds is 6. The first-order chi connectivity index (χ1) is 12.7. The van der Waals surface area contributed by atoms with Crippen LogP contribution in [0.15, 0.2) is 66.0 Å². The van der Waals surface area contributed by atoms with Gasteiger partial charge >= 0.3 is 0 Å². The van der Waals surface area contributed by atoms with Gasteiger partial charge in [-0.1, -0.05) is 17.7 Å². The molecule has 0 atom stereocenters. The molecule has 0 saturated carbocycles. The molecule has 6 nitrogen and oxygen atoms in total. The van der Waals surface area contributed by atoms with Gasteiger partial charge in [-0.2, -0.15) is 5.10 Å². The van der Waals surface area contributed by atoms with Gasteiger partial charge in [0.25, 0.3) is 0 Å². The van der Waals surface area contributed by atoms with Gasteiger partial charge in [0.05, 0.1) is 30.7 Å². The first kappa shape index (κ1) is 17.9. The number of guanidine groups is 1. The van der Waals surface area contributed by atoms with Gasteiger partial charge in [-0.05, 0) is 43.3 Å². The predicted molar refractivity (Wildman–Crippen MR) is 104 cm³/mol. The van der Waals surface area contributed by atoms with E-state index >= 15 is 0 Å². The molecule has 7 heteroatoms. The molecule has 3 rings (SSSR count). The average Bonchev–Trinajstić information content (AvgIpc) is 3.14. The molecule has 0 aliphatic heterocycles. The number of benzene rings is 1. The molecule has 2 N–H and O–H groups in total. The second-order valence-electron chi connectivity index (χ2n) is 5.64. The maximum atomic E-state index is 5.93. The smallest absolute Gasteiger partial charge is 0.191 e. The highest BCUT2D eigenvalue weighted by Crippen LogP contribution is 2.13. The molecule has 0 bridgehead atoms. The van der Waals surface area contributed by atoms with Crippen molar-refractivity contribution in [2.45, 2.75) is 20.0 Å². The summed E-state index contributed by atoms with van der Waals surface area (Å²) in [5.41, 5.74) is 2.95. The van der Waals surface area contributed by atoms with Crippen molar-refractivity contribution in [2.24, 2.45) is 4.99 Å². The van der Waals surface area contributed by atoms with E-state index in [9.17, 15) is 0 Å². The summed E-state index contributed by atoms with van der Waals surface area (Å²) in [5.74, 6) is 0.748. The minimum absolute atomic E-state index is 0.533. The van der Waals surface area contributed by atoms with Crippen LogP contribution in [0.2, 0.25) is 5.02 Å². The second-order valence-corrected chi connectivity index (χ2v) is 6.08. The Bertz CT molecular complexity index is 842. The van der Waals surface area contributed by atoms with E-state index in [0.29, 0.717) is 18.1 Å². The Morgan fingerprint density at radius 2 is 2.00 bits per heavy atom. The van der Waals surface area contributed by atoms with E-state index in [1.807, 2.05) is 66.5 Å². The quantitative estimate of drug-likeness (QED) is 0.518. The fraction of sp³-hybridized carbons (Fsp3) is 0.211. The van der Waals surface area contributed by atoms with E-state index in [2.05, 4.69) is 25.7 Å². The van der Waals surface area contributed by atoms with Gasteiger partial charge in [-0.15, -0.1) is 0 Å². The van der Waals surface area contributed by atoms with Crippen LogP contribution in [-0.4, -0.2) is 27.3 Å². The highest BCUT2D eigenvalue weighted by Gasteiger charge is 2.03. The number of halogens is 1. The van der Waals surface area contributed by atoms with E-state index in [0.717, 1.165) is 29.4 Å². The molecule has 1 aromatic carbocycles. The normalized spacial score (nSPS) is 11.4. The molecule has 2 aromatic heterocycles. The van der Waals surface area contributed by atoms with Crippen molar-refractivity contribution >= 4 is 17.6 Å². The first-order valence-electron chi connectivity index (χ1n) is 8.46. The molecule has 0 saturated heterocycles. The first-order valence-corrected chi connectivity index (χ1v) is 8.84. The summed E-state index contributed by atoms with van der Waals surface area (Å²) in [6, 6.07) is 13.4. The van der Waals surface area contributed by atoms with Crippen LogP contribution in [0.1, 0.15) is 18.2 Å². The van der Waals surface area contributed by atoms with Gasteiger partial charge in [0, 0.05) is 29.5 Å². The Labute approximate surface area is 157 Å². The fourth-order valence-corrected chi connectivity index (χ4v) is 2.49. The molecule has 0 unspecified atom stereocenters. The molecular weight excluding hydrogens is 348 g/mol. The highest BCUT2D eigenvalue weighted by molar-refractivity contribution is 6.30. The topological polar surface area (TPSA) is 67.1 Å². The van der Waals surface area contributed by atoms with E-state index in [-0.39, 0.29) is 0 Å². The molecule has 0 radical (unpaired) electrons. The molecule has 0 aliphatic rings. The zero-order valence-electron chi connectivity index (χ0n) is 14.6. The minimum Gasteiger partial charge on any atom is -0.357 e. The minimum atomic E-state index is 0.533. The Hall–Kier alpha value is -2.86. The molecule has 134 valence electrons. The van der Waals surface area contributed by atoms with Gasteiger partial charge in [0.2, 0.25) is 0 Å². The third-order valence-corrected chi connectivity index (χ3v) is 3.91. The zero-order valence-corrected chi connectivity index (χ0v) is 15.3. The number of aliphatic imine (C=N–C) groups is 1. The van der Waals surface area contributed by atoms with Crippen LogP contribution in [0.5, 0.6) is 0 Å². The molecule has 0 aliphatic carbocycles. The SMILES string of the molecule is CCNC(=NCc1cnn(-c2ccc(Cl)cc2)c1)NCc1ccccn1. The zero-order chi connectivity index (χ0) is 18.2. The molecule has 0 fully saturated rings. The number of nitrogens with zero attached hydrogens (tertiary/aromatic N) is 4. The van der Waals surface area contributed by atoms with Crippen LogP contribution in [0.25, 0.3) is 5.69 Å². The van der Waals surface area contributed by atoms with Crippen molar-refractivity contribution in [1.82, 2.24) is 25.4 Å². The Kier molecular flexibility index (Phi) is 6.22. The third kappa shape index (κ3) is 5.07. The molecule has 3 aromatic rings. The summed E-state index contributed by atoms with van der Waals surface area (Å²) in [6.45, 7) is 3.98. The Morgan fingerprint density at radius 3 is 2.73 bits per heavy atom. The van der Waals surface area contributed by atoms with E-state index in [4.69, 9.17) is 11.6 Å². The summed E-state index contributed by atoms with van der Waals surface area (Å²) in [5, 5.41) is 11.6. The van der Waals surface area contributed by atoms with Crippen molar-refractivity contribution in [1.29, 1.82) is 0 Å². The number of hydrogen-bond donors (Lipinski definition) is 2. The van der Waals surface area contributed by atoms with Crippen molar-refractivity contribution in [3.05, 3.63) is 77.3 Å². The summed E-state index contributed by atoms with van der Waals surface area (Å²) >= 11 is 5.93. The molecule has 0 amide bonds. The van der Waals surface area contributed by atoms with Crippen molar-refractivity contribution < 1.29 is 0 Å². The molecular formula is C19H21ClN6. The van der Waals surface area contributed by atoms with Crippen LogP contribution in [-0.2, 0) is 13.1 Å². The summed E-state index contributed by atoms with van der Waals surface area (Å²) in [7, 11) is 0. The van der Waals surface area contributed by atoms with Crippen molar-refractivity contribution in [2.75, 3.05) is 6.54 Å². The standard InChI is InChI=1S/C19H21ClN6/c1-2-21-19(24-13-17-5-3-4-10-22-17)23-11-15-12-25-26(14-15)18-8-6-16(20)7-9-18/h3-10,12,14H,2,11,13H2,1H3,(H2,21,23,24). The highest BCUT2D eigenvalue weighted by atomic mass is 35.5. The van der Waals surface area contributed by atoms with E-state index in [1.165, 1.54) is 0 Å². The second kappa shape index (κ2) is 9.01. The van der Waals surface area contributed by atoms with Crippen molar-refractivity contribution in [3.63, 3.8) is 0 Å². The van der Waals surface area contributed by atoms with E-state index < -0.39 is 0 Å². The third-order valence-electron chi connectivity index (χ3n) is 3.65. The summed E-state index contributed by atoms with van der Waals surface area (Å²) in [6.07, 6.45) is 5.57. The molecule has 26 heavy (non-hydrogen) atoms. The van der Waals surface area contributed by atoms with Gasteiger partial charge < -0.3 is 10.6 Å². The summed E-state index contributed by atoms with van der Waals surface area (Å²) in [4.78, 5) is 8.92. The Balaban J connectivity index is 1.63. The fourth-order valence-electron chi connectivity index (χ4n) is 2.37. The van der Waals surface area contributed by atoms with Crippen LogP contribution < -0.4 is 10.6 Å². The number of aromatic nitrogens is 3. The van der Waals surface area contributed by atoms with E-state index in [1.54, 1.807) is 6.20 Å².